The smallest absolute Gasteiger partial charge is 0.346 e. The van der Waals surface area contributed by atoms with Crippen LogP contribution in [0.4, 0.5) is 0 Å². The first kappa shape index (κ1) is 24.9. The Balaban J connectivity index is 1.62. The molecule has 1 N–H and O–H groups in total. The molecule has 0 radical (unpaired) electrons. The standard InChI is InChI=1S/C29H31NO4/c1-20(2)19-23-13-15-24(16-14-23)21(3)28(32)34-29(33)26-12-8-7-11-25(26)27(31)30-18-17-22-9-5-4-6-10-22/h4-16,20-21H,17-19H2,1-3H3,(H,30,31). The zero-order chi connectivity index (χ0) is 24.5. The molecule has 1 amide bonds. The maximum atomic E-state index is 12.8. The van der Waals surface area contributed by atoms with Crippen molar-refractivity contribution in [2.45, 2.75) is 39.5 Å². The number of carbonyl (C=O) groups excluding carboxylic acids is 3. The van der Waals surface area contributed by atoms with Crippen LogP contribution in [0.3, 0.4) is 0 Å². The summed E-state index contributed by atoms with van der Waals surface area (Å²) in [5.41, 5.74) is 3.32. The van der Waals surface area contributed by atoms with Crippen molar-refractivity contribution in [3.63, 3.8) is 0 Å². The van der Waals surface area contributed by atoms with Crippen molar-refractivity contribution in [2.75, 3.05) is 6.54 Å². The number of carbonyl (C=O) groups is 3. The van der Waals surface area contributed by atoms with Gasteiger partial charge in [0, 0.05) is 6.54 Å². The number of nitrogens with one attached hydrogen (secondary N) is 1. The van der Waals surface area contributed by atoms with E-state index in [-0.39, 0.29) is 17.0 Å². The lowest BCUT2D eigenvalue weighted by Gasteiger charge is -2.13. The van der Waals surface area contributed by atoms with E-state index in [0.29, 0.717) is 18.9 Å². The van der Waals surface area contributed by atoms with Crippen molar-refractivity contribution < 1.29 is 19.1 Å². The summed E-state index contributed by atoms with van der Waals surface area (Å²) in [7, 11) is 0. The quantitative estimate of drug-likeness (QED) is 0.348. The molecule has 176 valence electrons. The van der Waals surface area contributed by atoms with Crippen LogP contribution in [-0.2, 0) is 22.4 Å². The molecule has 3 aromatic carbocycles. The van der Waals surface area contributed by atoms with Gasteiger partial charge in [-0.3, -0.25) is 9.59 Å². The summed E-state index contributed by atoms with van der Waals surface area (Å²) in [5, 5.41) is 2.83. The number of ether oxygens (including phenoxy) is 1. The summed E-state index contributed by atoms with van der Waals surface area (Å²) >= 11 is 0. The summed E-state index contributed by atoms with van der Waals surface area (Å²) in [6.07, 6.45) is 1.63. The molecule has 0 aliphatic rings. The molecule has 0 fully saturated rings. The second-order valence-corrected chi connectivity index (χ2v) is 8.81. The third-order valence-electron chi connectivity index (χ3n) is 5.60. The van der Waals surface area contributed by atoms with Crippen molar-refractivity contribution in [2.24, 2.45) is 5.92 Å². The lowest BCUT2D eigenvalue weighted by molar-refractivity contribution is -0.139. The first-order chi connectivity index (χ1) is 16.3. The molecule has 3 aromatic rings. The number of hydrogen-bond acceptors (Lipinski definition) is 4. The van der Waals surface area contributed by atoms with E-state index in [1.54, 1.807) is 25.1 Å². The minimum atomic E-state index is -0.831. The minimum Gasteiger partial charge on any atom is -0.389 e. The zero-order valence-corrected chi connectivity index (χ0v) is 19.9. The van der Waals surface area contributed by atoms with E-state index in [9.17, 15) is 14.4 Å². The SMILES string of the molecule is CC(C)Cc1ccc(C(C)C(=O)OC(=O)c2ccccc2C(=O)NCCc2ccccc2)cc1. The monoisotopic (exact) mass is 457 g/mol. The van der Waals surface area contributed by atoms with Gasteiger partial charge in [-0.15, -0.1) is 0 Å². The molecule has 5 nitrogen and oxygen atoms in total. The number of benzene rings is 3. The van der Waals surface area contributed by atoms with Crippen LogP contribution in [0.2, 0.25) is 0 Å². The van der Waals surface area contributed by atoms with Crippen LogP contribution in [0.15, 0.2) is 78.9 Å². The minimum absolute atomic E-state index is 0.0625. The average Bonchev–Trinajstić information content (AvgIpc) is 2.84. The van der Waals surface area contributed by atoms with Gasteiger partial charge in [0.15, 0.2) is 0 Å². The first-order valence-corrected chi connectivity index (χ1v) is 11.6. The Morgan fingerprint density at radius 1 is 0.765 bits per heavy atom. The second-order valence-electron chi connectivity index (χ2n) is 8.81. The highest BCUT2D eigenvalue weighted by Crippen LogP contribution is 2.20. The molecule has 1 atom stereocenters. The largest absolute Gasteiger partial charge is 0.389 e. The summed E-state index contributed by atoms with van der Waals surface area (Å²) in [5.74, 6) is -1.93. The van der Waals surface area contributed by atoms with E-state index in [4.69, 9.17) is 4.74 Å². The maximum Gasteiger partial charge on any atom is 0.346 e. The van der Waals surface area contributed by atoms with Crippen molar-refractivity contribution in [1.29, 1.82) is 0 Å². The second kappa shape index (κ2) is 11.9. The number of rotatable bonds is 9. The molecule has 0 heterocycles. The van der Waals surface area contributed by atoms with Gasteiger partial charge in [-0.2, -0.15) is 0 Å². The van der Waals surface area contributed by atoms with E-state index in [1.165, 1.54) is 11.6 Å². The molecule has 0 saturated carbocycles. The van der Waals surface area contributed by atoms with Gasteiger partial charge in [-0.05, 0) is 54.5 Å². The summed E-state index contributed by atoms with van der Waals surface area (Å²) in [6.45, 7) is 6.44. The Labute approximate surface area is 201 Å². The highest BCUT2D eigenvalue weighted by molar-refractivity contribution is 6.08. The Hall–Kier alpha value is -3.73. The van der Waals surface area contributed by atoms with Gasteiger partial charge in [0.05, 0.1) is 17.0 Å². The Kier molecular flexibility index (Phi) is 8.74. The lowest BCUT2D eigenvalue weighted by atomic mass is 9.97. The third kappa shape index (κ3) is 6.88. The van der Waals surface area contributed by atoms with Gasteiger partial charge < -0.3 is 10.1 Å². The average molecular weight is 458 g/mol. The Morgan fingerprint density at radius 3 is 2.03 bits per heavy atom. The van der Waals surface area contributed by atoms with E-state index in [1.807, 2.05) is 54.6 Å². The predicted octanol–water partition coefficient (Wildman–Crippen LogP) is 5.34. The van der Waals surface area contributed by atoms with Crippen molar-refractivity contribution >= 4 is 17.8 Å². The molecule has 5 heteroatoms. The number of amides is 1. The fraction of sp³-hybridized carbons (Fsp3) is 0.276. The van der Waals surface area contributed by atoms with E-state index in [2.05, 4.69) is 19.2 Å². The fourth-order valence-electron chi connectivity index (χ4n) is 3.70. The molecule has 0 saturated heterocycles. The molecule has 0 aliphatic heterocycles. The molecule has 0 aliphatic carbocycles. The summed E-state index contributed by atoms with van der Waals surface area (Å²) < 4.78 is 5.15. The van der Waals surface area contributed by atoms with Crippen LogP contribution in [0, 0.1) is 5.92 Å². The maximum absolute atomic E-state index is 12.8. The van der Waals surface area contributed by atoms with E-state index in [0.717, 1.165) is 17.5 Å². The zero-order valence-electron chi connectivity index (χ0n) is 19.9. The van der Waals surface area contributed by atoms with Gasteiger partial charge in [0.25, 0.3) is 5.91 Å². The topological polar surface area (TPSA) is 72.5 Å². The number of hydrogen-bond donors (Lipinski definition) is 1. The molecular formula is C29H31NO4. The molecule has 3 rings (SSSR count). The molecule has 0 spiro atoms. The van der Waals surface area contributed by atoms with Crippen molar-refractivity contribution in [3.05, 3.63) is 107 Å². The van der Waals surface area contributed by atoms with Crippen LogP contribution in [0.1, 0.15) is 64.1 Å². The summed E-state index contributed by atoms with van der Waals surface area (Å²) in [6, 6.07) is 23.9. The normalized spacial score (nSPS) is 11.6. The Morgan fingerprint density at radius 2 is 1.38 bits per heavy atom. The van der Waals surface area contributed by atoms with Crippen LogP contribution < -0.4 is 5.32 Å². The molecular weight excluding hydrogens is 426 g/mol. The molecule has 34 heavy (non-hydrogen) atoms. The molecule has 0 bridgehead atoms. The lowest BCUT2D eigenvalue weighted by Crippen LogP contribution is -2.28. The van der Waals surface area contributed by atoms with Gasteiger partial charge in [-0.1, -0.05) is 80.6 Å². The van der Waals surface area contributed by atoms with Crippen LogP contribution in [0.5, 0.6) is 0 Å². The van der Waals surface area contributed by atoms with E-state index < -0.39 is 17.9 Å². The third-order valence-corrected chi connectivity index (χ3v) is 5.60. The molecule has 1 unspecified atom stereocenters. The van der Waals surface area contributed by atoms with Crippen LogP contribution >= 0.6 is 0 Å². The first-order valence-electron chi connectivity index (χ1n) is 11.6. The van der Waals surface area contributed by atoms with Gasteiger partial charge in [0.2, 0.25) is 0 Å². The summed E-state index contributed by atoms with van der Waals surface area (Å²) in [4.78, 5) is 38.1. The van der Waals surface area contributed by atoms with Crippen molar-refractivity contribution in [1.82, 2.24) is 5.32 Å². The fourth-order valence-corrected chi connectivity index (χ4v) is 3.70. The van der Waals surface area contributed by atoms with Crippen LogP contribution in [-0.4, -0.2) is 24.4 Å². The van der Waals surface area contributed by atoms with Gasteiger partial charge in [-0.25, -0.2) is 4.79 Å². The highest BCUT2D eigenvalue weighted by atomic mass is 16.6. The number of esters is 2. The van der Waals surface area contributed by atoms with Gasteiger partial charge >= 0.3 is 11.9 Å². The predicted molar refractivity (Wildman–Crippen MR) is 133 cm³/mol. The van der Waals surface area contributed by atoms with Crippen molar-refractivity contribution in [3.8, 4) is 0 Å². The van der Waals surface area contributed by atoms with E-state index >= 15 is 0 Å². The highest BCUT2D eigenvalue weighted by Gasteiger charge is 2.24. The van der Waals surface area contributed by atoms with Crippen LogP contribution in [0.25, 0.3) is 0 Å². The Bertz CT molecular complexity index is 1120. The van der Waals surface area contributed by atoms with Gasteiger partial charge in [0.1, 0.15) is 0 Å². The molecule has 0 aromatic heterocycles.